The summed E-state index contributed by atoms with van der Waals surface area (Å²) in [4.78, 5) is 11.1. The third kappa shape index (κ3) is 3.94. The Bertz CT molecular complexity index is 886. The molecule has 1 aromatic carbocycles. The number of hydrogen-bond donors (Lipinski definition) is 1. The maximum absolute atomic E-state index is 11.9. The van der Waals surface area contributed by atoms with Gasteiger partial charge < -0.3 is 14.6 Å². The van der Waals surface area contributed by atoms with Crippen molar-refractivity contribution >= 4 is 6.08 Å². The largest absolute Gasteiger partial charge is 0.481 e. The molecule has 0 spiro atoms. The van der Waals surface area contributed by atoms with E-state index in [1.54, 1.807) is 13.3 Å². The molecule has 30 heavy (non-hydrogen) atoms. The molecule has 0 radical (unpaired) electrons. The molecule has 2 aromatic rings. The molecule has 2 heterocycles. The van der Waals surface area contributed by atoms with E-state index in [1.165, 1.54) is 18.2 Å². The number of ether oxygens (including phenoxy) is 2. The van der Waals surface area contributed by atoms with Crippen LogP contribution >= 0.6 is 0 Å². The molecule has 1 N–H and O–H groups in total. The van der Waals surface area contributed by atoms with Crippen molar-refractivity contribution in [3.05, 3.63) is 53.2 Å². The maximum Gasteiger partial charge on any atom is 0.319 e. The standard InChI is InChI=1S/C24H31N3O3/c1-17(12-18-8-5-4-6-9-18)14-27-15-19-10-7-11-20(16-27)24(19,28)21-13-25-23(30-3)26-22(21)29-2/h4-6,8-9,12-13,19-20,28H,7,10-11,14-16H2,1-3H3. The predicted molar refractivity (Wildman–Crippen MR) is 116 cm³/mol. The van der Waals surface area contributed by atoms with Gasteiger partial charge in [-0.05, 0) is 25.3 Å². The molecule has 2 aliphatic rings. The van der Waals surface area contributed by atoms with Crippen LogP contribution in [0.3, 0.4) is 0 Å². The zero-order valence-electron chi connectivity index (χ0n) is 18.0. The highest BCUT2D eigenvalue weighted by molar-refractivity contribution is 5.52. The summed E-state index contributed by atoms with van der Waals surface area (Å²) in [5, 5.41) is 11.9. The lowest BCUT2D eigenvalue weighted by molar-refractivity contribution is -0.146. The van der Waals surface area contributed by atoms with Crippen LogP contribution in [0.1, 0.15) is 37.3 Å². The SMILES string of the molecule is COc1ncc(C2(O)C3CCCC2CN(CC(C)=Cc2ccccc2)C3)c(OC)n1. The van der Waals surface area contributed by atoms with Gasteiger partial charge in [-0.25, -0.2) is 4.98 Å². The highest BCUT2D eigenvalue weighted by Gasteiger charge is 2.53. The minimum Gasteiger partial charge on any atom is -0.481 e. The number of aliphatic hydroxyl groups is 1. The summed E-state index contributed by atoms with van der Waals surface area (Å²) in [5.74, 6) is 0.663. The van der Waals surface area contributed by atoms with E-state index in [0.717, 1.165) is 38.9 Å². The Morgan fingerprint density at radius 2 is 1.87 bits per heavy atom. The summed E-state index contributed by atoms with van der Waals surface area (Å²) in [7, 11) is 3.11. The van der Waals surface area contributed by atoms with Crippen LogP contribution in [0.5, 0.6) is 11.9 Å². The number of aromatic nitrogens is 2. The van der Waals surface area contributed by atoms with E-state index >= 15 is 0 Å². The van der Waals surface area contributed by atoms with E-state index in [1.807, 2.05) is 6.07 Å². The first kappa shape index (κ1) is 20.8. The molecule has 6 heteroatoms. The number of hydrogen-bond acceptors (Lipinski definition) is 6. The molecule has 0 amide bonds. The molecular formula is C24H31N3O3. The predicted octanol–water partition coefficient (Wildman–Crippen LogP) is 3.52. The first-order chi connectivity index (χ1) is 14.5. The summed E-state index contributed by atoms with van der Waals surface area (Å²) in [5.41, 5.74) is 2.28. The van der Waals surface area contributed by atoms with Crippen LogP contribution in [0.15, 0.2) is 42.1 Å². The molecule has 1 aliphatic carbocycles. The first-order valence-electron chi connectivity index (χ1n) is 10.7. The fourth-order valence-corrected chi connectivity index (χ4v) is 5.22. The lowest BCUT2D eigenvalue weighted by Gasteiger charge is -2.53. The summed E-state index contributed by atoms with van der Waals surface area (Å²) in [6.45, 7) is 4.79. The van der Waals surface area contributed by atoms with Gasteiger partial charge in [0.15, 0.2) is 0 Å². The molecule has 160 valence electrons. The zero-order chi connectivity index (χ0) is 21.1. The van der Waals surface area contributed by atoms with Crippen LogP contribution in [-0.2, 0) is 5.60 Å². The van der Waals surface area contributed by atoms with Gasteiger partial charge in [0.05, 0.1) is 19.8 Å². The molecular weight excluding hydrogens is 378 g/mol. The summed E-state index contributed by atoms with van der Waals surface area (Å²) < 4.78 is 10.7. The minimum absolute atomic E-state index is 0.125. The third-order valence-electron chi connectivity index (χ3n) is 6.53. The second-order valence-corrected chi connectivity index (χ2v) is 8.53. The number of nitrogens with zero attached hydrogens (tertiary/aromatic N) is 3. The Morgan fingerprint density at radius 3 is 2.50 bits per heavy atom. The molecule has 1 aromatic heterocycles. The fraction of sp³-hybridized carbons (Fsp3) is 0.500. The Hall–Kier alpha value is -2.44. The monoisotopic (exact) mass is 409 g/mol. The first-order valence-corrected chi connectivity index (χ1v) is 10.7. The minimum atomic E-state index is -0.969. The van der Waals surface area contributed by atoms with E-state index in [2.05, 4.69) is 52.1 Å². The van der Waals surface area contributed by atoms with Gasteiger partial charge in [-0.15, -0.1) is 0 Å². The Balaban J connectivity index is 1.56. The number of likely N-dealkylation sites (tertiary alicyclic amines) is 1. The van der Waals surface area contributed by atoms with Crippen LogP contribution < -0.4 is 9.47 Å². The molecule has 1 saturated carbocycles. The van der Waals surface area contributed by atoms with Crippen LogP contribution in [0.25, 0.3) is 6.08 Å². The lowest BCUT2D eigenvalue weighted by atomic mass is 9.63. The lowest BCUT2D eigenvalue weighted by Crippen LogP contribution is -2.58. The van der Waals surface area contributed by atoms with Gasteiger partial charge in [0.25, 0.3) is 0 Å². The number of fused-ring (bicyclic) bond motifs is 2. The average molecular weight is 410 g/mol. The quantitative estimate of drug-likeness (QED) is 0.787. The van der Waals surface area contributed by atoms with E-state index < -0.39 is 5.60 Å². The zero-order valence-corrected chi connectivity index (χ0v) is 18.0. The Morgan fingerprint density at radius 1 is 1.17 bits per heavy atom. The van der Waals surface area contributed by atoms with Crippen LogP contribution in [0.2, 0.25) is 0 Å². The summed E-state index contributed by atoms with van der Waals surface area (Å²) >= 11 is 0. The second kappa shape index (κ2) is 8.74. The van der Waals surface area contributed by atoms with Gasteiger partial charge in [-0.3, -0.25) is 4.90 Å². The van der Waals surface area contributed by atoms with Crippen LogP contribution in [0.4, 0.5) is 0 Å². The van der Waals surface area contributed by atoms with Crippen molar-refractivity contribution in [2.45, 2.75) is 31.8 Å². The van der Waals surface area contributed by atoms with Gasteiger partial charge in [-0.1, -0.05) is 48.4 Å². The molecule has 2 unspecified atom stereocenters. The van der Waals surface area contributed by atoms with E-state index in [9.17, 15) is 5.11 Å². The molecule has 2 bridgehead atoms. The van der Waals surface area contributed by atoms with Crippen molar-refractivity contribution in [3.63, 3.8) is 0 Å². The summed E-state index contributed by atoms with van der Waals surface area (Å²) in [6, 6.07) is 10.7. The maximum atomic E-state index is 11.9. The van der Waals surface area contributed by atoms with Crippen LogP contribution in [-0.4, -0.2) is 53.8 Å². The van der Waals surface area contributed by atoms with Crippen molar-refractivity contribution in [1.29, 1.82) is 0 Å². The van der Waals surface area contributed by atoms with Crippen molar-refractivity contribution in [2.75, 3.05) is 33.9 Å². The topological polar surface area (TPSA) is 67.7 Å². The second-order valence-electron chi connectivity index (χ2n) is 8.53. The van der Waals surface area contributed by atoms with Gasteiger partial charge in [-0.2, -0.15) is 4.98 Å². The number of methoxy groups -OCH3 is 2. The van der Waals surface area contributed by atoms with E-state index in [0.29, 0.717) is 11.4 Å². The highest BCUT2D eigenvalue weighted by Crippen LogP contribution is 2.51. The molecule has 2 atom stereocenters. The molecule has 1 aliphatic heterocycles. The molecule has 4 rings (SSSR count). The van der Waals surface area contributed by atoms with Crippen molar-refractivity contribution < 1.29 is 14.6 Å². The fourth-order valence-electron chi connectivity index (χ4n) is 5.22. The van der Waals surface area contributed by atoms with Gasteiger partial charge in [0.1, 0.15) is 5.60 Å². The van der Waals surface area contributed by atoms with Crippen LogP contribution in [0, 0.1) is 11.8 Å². The van der Waals surface area contributed by atoms with Crippen molar-refractivity contribution in [2.24, 2.45) is 11.8 Å². The van der Waals surface area contributed by atoms with E-state index in [4.69, 9.17) is 9.47 Å². The molecule has 2 fully saturated rings. The summed E-state index contributed by atoms with van der Waals surface area (Å²) in [6.07, 6.45) is 7.05. The number of rotatable bonds is 6. The van der Waals surface area contributed by atoms with Gasteiger partial charge in [0, 0.05) is 37.7 Å². The van der Waals surface area contributed by atoms with E-state index in [-0.39, 0.29) is 17.8 Å². The highest BCUT2D eigenvalue weighted by atomic mass is 16.5. The normalized spacial score (nSPS) is 27.0. The van der Waals surface area contributed by atoms with Gasteiger partial charge >= 0.3 is 6.01 Å². The van der Waals surface area contributed by atoms with Crippen molar-refractivity contribution in [3.8, 4) is 11.9 Å². The third-order valence-corrected chi connectivity index (χ3v) is 6.53. The van der Waals surface area contributed by atoms with Crippen molar-refractivity contribution in [1.82, 2.24) is 14.9 Å². The number of benzene rings is 1. The average Bonchev–Trinajstić information content (AvgIpc) is 2.74. The Labute approximate surface area is 178 Å². The molecule has 6 nitrogen and oxygen atoms in total. The Kier molecular flexibility index (Phi) is 6.06. The van der Waals surface area contributed by atoms with Gasteiger partial charge in [0.2, 0.25) is 5.88 Å². The smallest absolute Gasteiger partial charge is 0.319 e. The molecule has 1 saturated heterocycles. The number of piperidine rings is 1.